The number of Topliss-reactive ketones (excluding diaryl/α,β-unsaturated/α-hetero) is 1. The fourth-order valence-electron chi connectivity index (χ4n) is 5.78. The van der Waals surface area contributed by atoms with Crippen molar-refractivity contribution in [1.29, 1.82) is 0 Å². The van der Waals surface area contributed by atoms with Gasteiger partial charge in [-0.1, -0.05) is 44.9 Å². The molecule has 0 atom stereocenters. The monoisotopic (exact) mass is 619 g/mol. The molecule has 1 aromatic rings. The molecule has 0 unspecified atom stereocenters. The maximum atomic E-state index is 13.6. The summed E-state index contributed by atoms with van der Waals surface area (Å²) in [7, 11) is 0. The van der Waals surface area contributed by atoms with Crippen LogP contribution in [0.4, 0.5) is 22.0 Å². The zero-order valence-electron chi connectivity index (χ0n) is 24.5. The number of hydrogen-bond donors (Lipinski definition) is 1. The molecule has 7 nitrogen and oxygen atoms in total. The van der Waals surface area contributed by atoms with Crippen LogP contribution >= 0.6 is 0 Å². The van der Waals surface area contributed by atoms with Crippen LogP contribution in [0.25, 0.3) is 0 Å². The minimum Gasteiger partial charge on any atom is -0.420 e. The molecule has 2 saturated carbocycles. The highest BCUT2D eigenvalue weighted by molar-refractivity contribution is 5.84. The number of halogens is 5. The van der Waals surface area contributed by atoms with Crippen molar-refractivity contribution in [2.24, 2.45) is 17.8 Å². The number of ketones is 1. The quantitative estimate of drug-likeness (QED) is 0.0692. The van der Waals surface area contributed by atoms with Crippen molar-refractivity contribution in [3.05, 3.63) is 29.1 Å². The van der Waals surface area contributed by atoms with Crippen molar-refractivity contribution in [2.75, 3.05) is 33.0 Å². The van der Waals surface area contributed by atoms with E-state index in [4.69, 9.17) is 9.47 Å². The Labute approximate surface area is 249 Å². The van der Waals surface area contributed by atoms with Crippen LogP contribution in [-0.2, 0) is 23.9 Å². The van der Waals surface area contributed by atoms with E-state index in [2.05, 4.69) is 10.1 Å². The van der Waals surface area contributed by atoms with E-state index in [0.717, 1.165) is 38.5 Å². The average molecular weight is 620 g/mol. The summed E-state index contributed by atoms with van der Waals surface area (Å²) in [6.45, 7) is 0.487. The van der Waals surface area contributed by atoms with E-state index in [9.17, 15) is 36.3 Å². The first-order chi connectivity index (χ1) is 20.7. The zero-order valence-corrected chi connectivity index (χ0v) is 24.5. The smallest absolute Gasteiger partial charge is 0.313 e. The van der Waals surface area contributed by atoms with Gasteiger partial charge in [0.1, 0.15) is 5.78 Å². The van der Waals surface area contributed by atoms with Gasteiger partial charge in [-0.05, 0) is 38.5 Å². The Morgan fingerprint density at radius 1 is 0.581 bits per heavy atom. The second kappa shape index (κ2) is 18.3. The fourth-order valence-corrected chi connectivity index (χ4v) is 5.78. The molecule has 0 saturated heterocycles. The van der Waals surface area contributed by atoms with Crippen molar-refractivity contribution in [2.45, 2.75) is 89.9 Å². The molecule has 0 heterocycles. The van der Waals surface area contributed by atoms with Gasteiger partial charge in [-0.3, -0.25) is 14.4 Å². The Morgan fingerprint density at radius 2 is 1.05 bits per heavy atom. The third-order valence-electron chi connectivity index (χ3n) is 8.26. The average Bonchev–Trinajstić information content (AvgIpc) is 3.02. The lowest BCUT2D eigenvalue weighted by Crippen LogP contribution is -2.37. The molecule has 0 bridgehead atoms. The molecule has 2 aliphatic carbocycles. The third kappa shape index (κ3) is 10.8. The lowest BCUT2D eigenvalue weighted by atomic mass is 9.75. The first-order valence-electron chi connectivity index (χ1n) is 15.4. The van der Waals surface area contributed by atoms with Crippen LogP contribution in [0.1, 0.15) is 89.9 Å². The Morgan fingerprint density at radius 3 is 1.63 bits per heavy atom. The fraction of sp³-hybridized carbons (Fsp3) is 0.710. The van der Waals surface area contributed by atoms with Gasteiger partial charge in [-0.2, -0.15) is 8.78 Å². The van der Waals surface area contributed by atoms with E-state index in [1.54, 1.807) is 0 Å². The molecule has 2 aliphatic rings. The van der Waals surface area contributed by atoms with Gasteiger partial charge in [0.2, 0.25) is 40.7 Å². The van der Waals surface area contributed by atoms with Gasteiger partial charge in [0.05, 0.1) is 32.8 Å². The van der Waals surface area contributed by atoms with Crippen molar-refractivity contribution in [3.63, 3.8) is 0 Å². The molecule has 0 radical (unpaired) electrons. The molecular weight excluding hydrogens is 577 g/mol. The highest BCUT2D eigenvalue weighted by Crippen LogP contribution is 2.34. The summed E-state index contributed by atoms with van der Waals surface area (Å²) in [5, 5.41) is 2.86. The van der Waals surface area contributed by atoms with Crippen LogP contribution in [-0.4, -0.2) is 50.6 Å². The van der Waals surface area contributed by atoms with E-state index in [0.29, 0.717) is 25.2 Å². The second-order valence-corrected chi connectivity index (χ2v) is 11.3. The zero-order chi connectivity index (χ0) is 31.2. The van der Waals surface area contributed by atoms with Crippen LogP contribution in [0.15, 0.2) is 0 Å². The first kappa shape index (κ1) is 34.9. The number of amides is 1. The number of esters is 1. The Balaban J connectivity index is 1.22. The highest BCUT2D eigenvalue weighted by Gasteiger charge is 2.33. The number of benzene rings is 1. The molecule has 0 spiro atoms. The minimum absolute atomic E-state index is 0.0447. The largest absolute Gasteiger partial charge is 0.420 e. The summed E-state index contributed by atoms with van der Waals surface area (Å²) < 4.78 is 81.4. The van der Waals surface area contributed by atoms with Crippen molar-refractivity contribution >= 4 is 17.7 Å². The third-order valence-corrected chi connectivity index (χ3v) is 8.26. The normalized spacial score (nSPS) is 20.4. The van der Waals surface area contributed by atoms with Gasteiger partial charge < -0.3 is 19.5 Å². The Bertz CT molecular complexity index is 1040. The molecule has 1 aromatic carbocycles. The summed E-state index contributed by atoms with van der Waals surface area (Å²) in [5.74, 6) is -13.6. The molecule has 3 rings (SSSR count). The van der Waals surface area contributed by atoms with Gasteiger partial charge in [0.25, 0.3) is 0 Å². The Kier molecular flexibility index (Phi) is 14.8. The van der Waals surface area contributed by atoms with Gasteiger partial charge in [0.15, 0.2) is 0 Å². The van der Waals surface area contributed by atoms with E-state index in [1.165, 1.54) is 32.1 Å². The molecule has 2 fully saturated rings. The maximum Gasteiger partial charge on any atom is 0.313 e. The van der Waals surface area contributed by atoms with E-state index in [1.807, 2.05) is 0 Å². The van der Waals surface area contributed by atoms with Gasteiger partial charge in [0, 0.05) is 24.3 Å². The van der Waals surface area contributed by atoms with E-state index in [-0.39, 0.29) is 50.1 Å². The van der Waals surface area contributed by atoms with Crippen molar-refractivity contribution < 1.29 is 50.5 Å². The van der Waals surface area contributed by atoms with E-state index >= 15 is 0 Å². The number of ether oxygens (including phenoxy) is 3. The topological polar surface area (TPSA) is 90.9 Å². The van der Waals surface area contributed by atoms with Crippen LogP contribution in [0.2, 0.25) is 0 Å². The second-order valence-electron chi connectivity index (χ2n) is 11.3. The summed E-state index contributed by atoms with van der Waals surface area (Å²) in [6.07, 6.45) is 13.0. The molecule has 12 heteroatoms. The summed E-state index contributed by atoms with van der Waals surface area (Å²) in [5.41, 5.74) is 0. The van der Waals surface area contributed by atoms with Crippen LogP contribution in [0.3, 0.4) is 0 Å². The molecule has 1 amide bonds. The Hall–Kier alpha value is -2.60. The number of carbonyl (C=O) groups is 3. The van der Waals surface area contributed by atoms with Gasteiger partial charge >= 0.3 is 5.97 Å². The number of hydrogen-bond acceptors (Lipinski definition) is 6. The van der Waals surface area contributed by atoms with Crippen molar-refractivity contribution in [1.82, 2.24) is 5.32 Å². The molecular formula is C31H42F5NO6. The lowest BCUT2D eigenvalue weighted by Gasteiger charge is -2.29. The number of nitrogens with one attached hydrogen (secondary N) is 1. The number of carbonyl (C=O) groups excluding carboxylic acids is 3. The van der Waals surface area contributed by atoms with Crippen LogP contribution in [0, 0.1) is 46.8 Å². The molecule has 0 aliphatic heterocycles. The van der Waals surface area contributed by atoms with Crippen LogP contribution < -0.4 is 10.1 Å². The molecule has 242 valence electrons. The molecule has 0 aromatic heterocycles. The summed E-state index contributed by atoms with van der Waals surface area (Å²) >= 11 is 0. The van der Waals surface area contributed by atoms with Crippen LogP contribution in [0.5, 0.6) is 5.75 Å². The molecule has 1 N–H and O–H groups in total. The predicted octanol–water partition coefficient (Wildman–Crippen LogP) is 6.34. The first-order valence-corrected chi connectivity index (χ1v) is 15.4. The highest BCUT2D eigenvalue weighted by atomic mass is 19.2. The minimum atomic E-state index is -2.35. The van der Waals surface area contributed by atoms with E-state index < -0.39 is 47.2 Å². The summed E-state index contributed by atoms with van der Waals surface area (Å²) in [6, 6.07) is 0. The number of rotatable bonds is 13. The predicted molar refractivity (Wildman–Crippen MR) is 147 cm³/mol. The van der Waals surface area contributed by atoms with Gasteiger partial charge in [-0.25, -0.2) is 13.2 Å². The maximum absolute atomic E-state index is 13.6. The standard InChI is InChI=1S/C31H42F5NO6/c32-24-25(33)27(35)30(28(36)26(24)34)43-23(38)14-16-41-18-19-42-17-15-37-31(40)22-12-10-21(11-13-22)29(39)20-8-6-4-2-1-3-5-7-9-20/h20-22H,1-19H2,(H,37,40). The molecule has 43 heavy (non-hydrogen) atoms. The SMILES string of the molecule is O=C(CCOCCOCCNC(=O)C1CCC(C(=O)C2CCCCCCCCC2)CC1)Oc1c(F)c(F)c(F)c(F)c1F. The lowest BCUT2D eigenvalue weighted by molar-refractivity contribution is -0.136. The van der Waals surface area contributed by atoms with Crippen molar-refractivity contribution in [3.8, 4) is 5.75 Å². The van der Waals surface area contributed by atoms with Gasteiger partial charge in [-0.15, -0.1) is 0 Å². The summed E-state index contributed by atoms with van der Waals surface area (Å²) in [4.78, 5) is 37.4.